The number of carbonyl (C=O) groups is 1. The van der Waals surface area contributed by atoms with E-state index in [-0.39, 0.29) is 11.9 Å². The van der Waals surface area contributed by atoms with Gasteiger partial charge in [-0.1, -0.05) is 37.3 Å². The first-order valence-electron chi connectivity index (χ1n) is 8.84. The second kappa shape index (κ2) is 7.51. The largest absolute Gasteiger partial charge is 0.345 e. The molecule has 2 aromatic rings. The van der Waals surface area contributed by atoms with Crippen molar-refractivity contribution >= 4 is 11.6 Å². The topological polar surface area (TPSA) is 46.4 Å². The molecule has 1 atom stereocenters. The molecule has 0 unspecified atom stereocenters. The highest BCUT2D eigenvalue weighted by molar-refractivity contribution is 6.00. The van der Waals surface area contributed by atoms with Gasteiger partial charge in [0, 0.05) is 17.6 Å². The molecule has 0 aromatic carbocycles. The summed E-state index contributed by atoms with van der Waals surface area (Å²) in [5, 5.41) is 3.15. The monoisotopic (exact) mass is 335 g/mol. The van der Waals surface area contributed by atoms with Crippen LogP contribution >= 0.6 is 0 Å². The third-order valence-corrected chi connectivity index (χ3v) is 4.61. The third kappa shape index (κ3) is 3.90. The lowest BCUT2D eigenvalue weighted by atomic mass is 9.99. The van der Waals surface area contributed by atoms with Crippen molar-refractivity contribution in [1.82, 2.24) is 14.7 Å². The number of nitrogens with one attached hydrogen (secondary N) is 1. The Bertz CT molecular complexity index is 857. The van der Waals surface area contributed by atoms with Gasteiger partial charge in [0.05, 0.1) is 11.6 Å². The van der Waals surface area contributed by atoms with E-state index in [4.69, 9.17) is 0 Å². The fraction of sp³-hybridized carbons (Fsp3) is 0.333. The van der Waals surface area contributed by atoms with Crippen molar-refractivity contribution in [2.75, 3.05) is 0 Å². The van der Waals surface area contributed by atoms with Crippen LogP contribution in [0.25, 0.3) is 5.65 Å². The van der Waals surface area contributed by atoms with Crippen LogP contribution in [0.2, 0.25) is 0 Å². The van der Waals surface area contributed by atoms with Gasteiger partial charge in [-0.3, -0.25) is 4.79 Å². The van der Waals surface area contributed by atoms with E-state index in [2.05, 4.69) is 23.0 Å². The van der Waals surface area contributed by atoms with Crippen molar-refractivity contribution in [1.29, 1.82) is 0 Å². The Labute approximate surface area is 149 Å². The first-order chi connectivity index (χ1) is 12.1. The molecule has 0 saturated carbocycles. The number of hydrogen-bond donors (Lipinski definition) is 1. The maximum absolute atomic E-state index is 12.9. The minimum atomic E-state index is -0.0906. The van der Waals surface area contributed by atoms with Crippen LogP contribution in [0.4, 0.5) is 0 Å². The molecule has 2 heterocycles. The van der Waals surface area contributed by atoms with Gasteiger partial charge in [0.2, 0.25) is 0 Å². The molecule has 1 aliphatic carbocycles. The standard InChI is InChI=1S/C21H25N3O/c1-15-10-8-6-4-5-7-9-11-19(15)23-21(25)18-12-13-24-17(3)14-16(2)22-20(18)24/h4,6,8,10,12-14,19H,1,5,7,9,11H2,2-3H3,(H,23,25)/b6-4-,10-8-/t19-/m0/s1. The summed E-state index contributed by atoms with van der Waals surface area (Å²) in [6, 6.07) is 3.80. The van der Waals surface area contributed by atoms with Crippen LogP contribution in [0.5, 0.6) is 0 Å². The second-order valence-corrected chi connectivity index (χ2v) is 6.63. The van der Waals surface area contributed by atoms with Crippen LogP contribution in [0, 0.1) is 13.8 Å². The molecule has 3 rings (SSSR count). The summed E-state index contributed by atoms with van der Waals surface area (Å²) in [7, 11) is 0. The van der Waals surface area contributed by atoms with Crippen LogP contribution in [0.3, 0.4) is 0 Å². The summed E-state index contributed by atoms with van der Waals surface area (Å²) in [6.45, 7) is 8.10. The van der Waals surface area contributed by atoms with E-state index in [0.29, 0.717) is 11.2 Å². The van der Waals surface area contributed by atoms with Crippen LogP contribution in [0.1, 0.15) is 47.4 Å². The van der Waals surface area contributed by atoms with Crippen LogP contribution in [-0.4, -0.2) is 21.3 Å². The van der Waals surface area contributed by atoms with E-state index in [1.54, 1.807) is 0 Å². The molecule has 4 nitrogen and oxygen atoms in total. The fourth-order valence-corrected chi connectivity index (χ4v) is 3.24. The molecule has 130 valence electrons. The Morgan fingerprint density at radius 2 is 2.16 bits per heavy atom. The van der Waals surface area contributed by atoms with E-state index in [9.17, 15) is 4.79 Å². The van der Waals surface area contributed by atoms with Crippen molar-refractivity contribution in [3.8, 4) is 0 Å². The number of aromatic nitrogens is 2. The molecule has 0 fully saturated rings. The van der Waals surface area contributed by atoms with E-state index in [1.165, 1.54) is 0 Å². The number of carbonyl (C=O) groups excluding carboxylic acids is 1. The molecule has 0 saturated heterocycles. The van der Waals surface area contributed by atoms with Gasteiger partial charge in [0.1, 0.15) is 5.65 Å². The van der Waals surface area contributed by atoms with Crippen LogP contribution < -0.4 is 5.32 Å². The first-order valence-corrected chi connectivity index (χ1v) is 8.84. The number of hydrogen-bond acceptors (Lipinski definition) is 2. The van der Waals surface area contributed by atoms with Crippen molar-refractivity contribution < 1.29 is 4.79 Å². The van der Waals surface area contributed by atoms with Crippen molar-refractivity contribution in [2.24, 2.45) is 0 Å². The van der Waals surface area contributed by atoms with Crippen molar-refractivity contribution in [2.45, 2.75) is 45.6 Å². The van der Waals surface area contributed by atoms with Gasteiger partial charge in [-0.2, -0.15) is 0 Å². The molecule has 1 amide bonds. The molecule has 0 aliphatic heterocycles. The zero-order valence-electron chi connectivity index (χ0n) is 15.0. The number of nitrogens with zero attached hydrogens (tertiary/aromatic N) is 2. The highest BCUT2D eigenvalue weighted by Gasteiger charge is 2.19. The lowest BCUT2D eigenvalue weighted by molar-refractivity contribution is 0.0942. The number of amides is 1. The number of aryl methyl sites for hydroxylation is 2. The molecule has 1 aliphatic rings. The van der Waals surface area contributed by atoms with E-state index >= 15 is 0 Å². The van der Waals surface area contributed by atoms with Gasteiger partial charge < -0.3 is 9.72 Å². The molecular formula is C21H25N3O. The first kappa shape index (κ1) is 17.2. The van der Waals surface area contributed by atoms with Gasteiger partial charge in [-0.15, -0.1) is 0 Å². The zero-order chi connectivity index (χ0) is 17.8. The Morgan fingerprint density at radius 3 is 3.00 bits per heavy atom. The maximum Gasteiger partial charge on any atom is 0.255 e. The van der Waals surface area contributed by atoms with Gasteiger partial charge in [-0.25, -0.2) is 4.98 Å². The maximum atomic E-state index is 12.9. The summed E-state index contributed by atoms with van der Waals surface area (Å²) in [4.78, 5) is 17.4. The quantitative estimate of drug-likeness (QED) is 0.890. The predicted octanol–water partition coefficient (Wildman–Crippen LogP) is 4.29. The molecule has 0 spiro atoms. The average Bonchev–Trinajstić information content (AvgIpc) is 2.99. The van der Waals surface area contributed by atoms with Crippen LogP contribution in [0.15, 0.2) is 54.8 Å². The van der Waals surface area contributed by atoms with E-state index in [1.807, 2.05) is 54.8 Å². The minimum Gasteiger partial charge on any atom is -0.345 e. The van der Waals surface area contributed by atoms with Gasteiger partial charge in [0.25, 0.3) is 5.91 Å². The van der Waals surface area contributed by atoms with Crippen LogP contribution in [-0.2, 0) is 0 Å². The Hall–Kier alpha value is -2.62. The third-order valence-electron chi connectivity index (χ3n) is 4.61. The predicted molar refractivity (Wildman–Crippen MR) is 102 cm³/mol. The summed E-state index contributed by atoms with van der Waals surface area (Å²) >= 11 is 0. The van der Waals surface area contributed by atoms with Gasteiger partial charge in [0.15, 0.2) is 0 Å². The lowest BCUT2D eigenvalue weighted by Gasteiger charge is -2.19. The minimum absolute atomic E-state index is 0.0453. The smallest absolute Gasteiger partial charge is 0.255 e. The average molecular weight is 335 g/mol. The molecule has 4 heteroatoms. The highest BCUT2D eigenvalue weighted by atomic mass is 16.1. The molecule has 1 N–H and O–H groups in total. The lowest BCUT2D eigenvalue weighted by Crippen LogP contribution is -2.35. The molecule has 25 heavy (non-hydrogen) atoms. The number of allylic oxidation sites excluding steroid dienone is 3. The van der Waals surface area contributed by atoms with Crippen molar-refractivity contribution in [3.63, 3.8) is 0 Å². The normalized spacial score (nSPS) is 21.0. The molecule has 0 radical (unpaired) electrons. The highest BCUT2D eigenvalue weighted by Crippen LogP contribution is 2.17. The Kier molecular flexibility index (Phi) is 5.17. The number of fused-ring (bicyclic) bond motifs is 1. The van der Waals surface area contributed by atoms with Gasteiger partial charge in [-0.05, 0) is 50.8 Å². The fourth-order valence-electron chi connectivity index (χ4n) is 3.24. The summed E-state index contributed by atoms with van der Waals surface area (Å²) in [5.74, 6) is -0.0906. The molecule has 2 aromatic heterocycles. The van der Waals surface area contributed by atoms with Crippen molar-refractivity contribution in [3.05, 3.63) is 71.7 Å². The summed E-state index contributed by atoms with van der Waals surface area (Å²) in [6.07, 6.45) is 14.3. The van der Waals surface area contributed by atoms with E-state index < -0.39 is 0 Å². The molecular weight excluding hydrogens is 310 g/mol. The SMILES string of the molecule is C=C1/C=C\C=C/CCCC[C@@H]1NC(=O)c1ccn2c(C)cc(C)nc12. The zero-order valence-corrected chi connectivity index (χ0v) is 15.0. The van der Waals surface area contributed by atoms with E-state index in [0.717, 1.165) is 42.6 Å². The molecule has 0 bridgehead atoms. The number of rotatable bonds is 2. The Morgan fingerprint density at radius 1 is 1.32 bits per heavy atom. The Balaban J connectivity index is 1.84. The summed E-state index contributed by atoms with van der Waals surface area (Å²) < 4.78 is 1.95. The second-order valence-electron chi connectivity index (χ2n) is 6.63. The summed E-state index contributed by atoms with van der Waals surface area (Å²) in [5.41, 5.74) is 4.23. The van der Waals surface area contributed by atoms with Gasteiger partial charge >= 0.3 is 0 Å².